The second kappa shape index (κ2) is 5.15. The highest BCUT2D eigenvalue weighted by Gasteiger charge is 2.17. The first-order valence-electron chi connectivity index (χ1n) is 3.38. The Morgan fingerprint density at radius 1 is 1.67 bits per heavy atom. The molecule has 0 aliphatic rings. The minimum absolute atomic E-state index is 0.316. The van der Waals surface area contributed by atoms with Gasteiger partial charge in [0.2, 0.25) is 0 Å². The van der Waals surface area contributed by atoms with E-state index < -0.39 is 18.0 Å². The van der Waals surface area contributed by atoms with E-state index in [9.17, 15) is 9.59 Å². The van der Waals surface area contributed by atoms with Gasteiger partial charge in [0, 0.05) is 11.8 Å². The molecule has 0 spiro atoms. The third-order valence-corrected chi connectivity index (χ3v) is 1.09. The molecule has 0 saturated heterocycles. The van der Waals surface area contributed by atoms with Gasteiger partial charge in [-0.15, -0.1) is 0 Å². The van der Waals surface area contributed by atoms with E-state index in [1.54, 1.807) is 6.92 Å². The van der Waals surface area contributed by atoms with Gasteiger partial charge < -0.3 is 4.74 Å². The Morgan fingerprint density at radius 2 is 2.25 bits per heavy atom. The molecule has 0 radical (unpaired) electrons. The molecule has 0 unspecified atom stereocenters. The fourth-order valence-corrected chi connectivity index (χ4v) is 0.567. The van der Waals surface area contributed by atoms with Gasteiger partial charge in [0.05, 0.1) is 0 Å². The van der Waals surface area contributed by atoms with Gasteiger partial charge >= 0.3 is 11.9 Å². The van der Waals surface area contributed by atoms with Gasteiger partial charge in [0.15, 0.2) is 0 Å². The number of carbonyl (C=O) groups excluding carboxylic acids is 2. The number of carbonyl (C=O) groups is 2. The largest absolute Gasteiger partial charge is 0.393 e. The maximum Gasteiger partial charge on any atom is 0.322 e. The molecule has 0 aromatic carbocycles. The quantitative estimate of drug-likeness (QED) is 0.210. The van der Waals surface area contributed by atoms with Gasteiger partial charge in [0.1, 0.15) is 6.04 Å². The van der Waals surface area contributed by atoms with Gasteiger partial charge in [-0.25, -0.2) is 0 Å². The summed E-state index contributed by atoms with van der Waals surface area (Å²) in [5.74, 6) is -1.51. The molecule has 1 atom stereocenters. The van der Waals surface area contributed by atoms with Gasteiger partial charge in [-0.3, -0.25) is 9.59 Å². The van der Waals surface area contributed by atoms with E-state index in [0.29, 0.717) is 6.42 Å². The fraction of sp³-hybridized carbons (Fsp3) is 0.667. The van der Waals surface area contributed by atoms with Crippen molar-refractivity contribution in [1.82, 2.24) is 0 Å². The summed E-state index contributed by atoms with van der Waals surface area (Å²) in [6.07, 6.45) is 0.316. The third kappa shape index (κ3) is 3.58. The Morgan fingerprint density at radius 3 is 2.58 bits per heavy atom. The third-order valence-electron chi connectivity index (χ3n) is 1.09. The summed E-state index contributed by atoms with van der Waals surface area (Å²) in [5, 5.41) is 3.15. The molecule has 0 rings (SSSR count). The van der Waals surface area contributed by atoms with E-state index in [4.69, 9.17) is 5.53 Å². The molecule has 6 nitrogen and oxygen atoms in total. The average molecular weight is 171 g/mol. The maximum absolute atomic E-state index is 10.9. The zero-order chi connectivity index (χ0) is 9.56. The monoisotopic (exact) mass is 171 g/mol. The van der Waals surface area contributed by atoms with E-state index >= 15 is 0 Å². The molecule has 12 heavy (non-hydrogen) atoms. The lowest BCUT2D eigenvalue weighted by molar-refractivity contribution is -0.159. The molecule has 66 valence electrons. The zero-order valence-corrected chi connectivity index (χ0v) is 6.85. The Balaban J connectivity index is 4.21. The van der Waals surface area contributed by atoms with Gasteiger partial charge in [-0.05, 0) is 12.0 Å². The summed E-state index contributed by atoms with van der Waals surface area (Å²) < 4.78 is 4.21. The van der Waals surface area contributed by atoms with Crippen molar-refractivity contribution in [2.75, 3.05) is 0 Å². The minimum Gasteiger partial charge on any atom is -0.393 e. The maximum atomic E-state index is 10.9. The highest BCUT2D eigenvalue weighted by molar-refractivity contribution is 5.87. The van der Waals surface area contributed by atoms with Crippen LogP contribution >= 0.6 is 0 Å². The SMILES string of the molecule is CC[C@H](N=[N+]=[N-])C(=O)OC(C)=O. The van der Waals surface area contributed by atoms with Gasteiger partial charge in [0.25, 0.3) is 0 Å². The smallest absolute Gasteiger partial charge is 0.322 e. The first-order valence-corrected chi connectivity index (χ1v) is 3.38. The van der Waals surface area contributed by atoms with E-state index in [0.717, 1.165) is 6.92 Å². The number of nitrogens with zero attached hydrogens (tertiary/aromatic N) is 3. The van der Waals surface area contributed by atoms with Crippen molar-refractivity contribution in [3.05, 3.63) is 10.4 Å². The Bertz CT molecular complexity index is 232. The highest BCUT2D eigenvalue weighted by Crippen LogP contribution is 2.00. The van der Waals surface area contributed by atoms with Crippen LogP contribution in [-0.2, 0) is 14.3 Å². The topological polar surface area (TPSA) is 92.1 Å². The molecule has 0 N–H and O–H groups in total. The van der Waals surface area contributed by atoms with Crippen molar-refractivity contribution in [3.63, 3.8) is 0 Å². The number of esters is 2. The minimum atomic E-state index is -0.904. The van der Waals surface area contributed by atoms with Crippen LogP contribution in [0, 0.1) is 0 Å². The van der Waals surface area contributed by atoms with E-state index in [1.807, 2.05) is 0 Å². The predicted octanol–water partition coefficient (Wildman–Crippen LogP) is 1.17. The highest BCUT2D eigenvalue weighted by atomic mass is 16.6. The summed E-state index contributed by atoms with van der Waals surface area (Å²) in [7, 11) is 0. The lowest BCUT2D eigenvalue weighted by atomic mass is 10.2. The lowest BCUT2D eigenvalue weighted by Gasteiger charge is -2.04. The van der Waals surface area contributed by atoms with E-state index in [1.165, 1.54) is 0 Å². The summed E-state index contributed by atoms with van der Waals surface area (Å²) in [6, 6.07) is -0.904. The van der Waals surface area contributed by atoms with Crippen molar-refractivity contribution in [1.29, 1.82) is 0 Å². The average Bonchev–Trinajstić information content (AvgIpc) is 1.98. The second-order valence-corrected chi connectivity index (χ2v) is 2.04. The molecule has 0 aromatic heterocycles. The number of hydrogen-bond donors (Lipinski definition) is 0. The fourth-order valence-electron chi connectivity index (χ4n) is 0.567. The lowest BCUT2D eigenvalue weighted by Crippen LogP contribution is -2.22. The van der Waals surface area contributed by atoms with Crippen molar-refractivity contribution in [2.24, 2.45) is 5.11 Å². The molecule has 0 aliphatic carbocycles. The van der Waals surface area contributed by atoms with E-state index in [-0.39, 0.29) is 0 Å². The summed E-state index contributed by atoms with van der Waals surface area (Å²) in [5.41, 5.74) is 8.02. The normalized spacial score (nSPS) is 11.2. The molecule has 0 saturated carbocycles. The molecule has 0 bridgehead atoms. The van der Waals surface area contributed by atoms with Crippen LogP contribution in [0.25, 0.3) is 10.4 Å². The van der Waals surface area contributed by atoms with Crippen LogP contribution in [0.2, 0.25) is 0 Å². The summed E-state index contributed by atoms with van der Waals surface area (Å²) in [4.78, 5) is 23.6. The van der Waals surface area contributed by atoms with Crippen LogP contribution in [0.4, 0.5) is 0 Å². The predicted molar refractivity (Wildman–Crippen MR) is 40.0 cm³/mol. The van der Waals surface area contributed by atoms with E-state index in [2.05, 4.69) is 14.8 Å². The molecule has 0 fully saturated rings. The van der Waals surface area contributed by atoms with Crippen LogP contribution in [0.15, 0.2) is 5.11 Å². The first kappa shape index (κ1) is 10.4. The molecule has 6 heteroatoms. The Hall–Kier alpha value is -1.55. The Kier molecular flexibility index (Phi) is 4.48. The van der Waals surface area contributed by atoms with Gasteiger partial charge in [-0.1, -0.05) is 12.0 Å². The Labute approximate surface area is 69.1 Å². The van der Waals surface area contributed by atoms with Crippen LogP contribution < -0.4 is 0 Å². The number of hydrogen-bond acceptors (Lipinski definition) is 4. The molecule has 0 aromatic rings. The molecule has 0 aliphatic heterocycles. The molecule has 0 heterocycles. The number of azide groups is 1. The van der Waals surface area contributed by atoms with Crippen LogP contribution in [0.3, 0.4) is 0 Å². The second-order valence-electron chi connectivity index (χ2n) is 2.04. The van der Waals surface area contributed by atoms with Gasteiger partial charge in [-0.2, -0.15) is 0 Å². The summed E-state index contributed by atoms with van der Waals surface area (Å²) in [6.45, 7) is 2.77. The van der Waals surface area contributed by atoms with Crippen molar-refractivity contribution >= 4 is 11.9 Å². The summed E-state index contributed by atoms with van der Waals surface area (Å²) >= 11 is 0. The number of ether oxygens (including phenoxy) is 1. The molecular formula is C6H9N3O3. The van der Waals surface area contributed by atoms with Crippen molar-refractivity contribution in [2.45, 2.75) is 26.3 Å². The first-order chi connectivity index (χ1) is 5.61. The standard InChI is InChI=1S/C6H9N3O3/c1-3-5(8-9-7)6(11)12-4(2)10/h5H,3H2,1-2H3/t5-/m0/s1. The van der Waals surface area contributed by atoms with Crippen molar-refractivity contribution in [3.8, 4) is 0 Å². The van der Waals surface area contributed by atoms with Crippen LogP contribution in [0.1, 0.15) is 20.3 Å². The zero-order valence-electron chi connectivity index (χ0n) is 6.85. The number of rotatable bonds is 3. The van der Waals surface area contributed by atoms with Crippen molar-refractivity contribution < 1.29 is 14.3 Å². The molecule has 0 amide bonds. The molecular weight excluding hydrogens is 162 g/mol. The van der Waals surface area contributed by atoms with Crippen LogP contribution in [-0.4, -0.2) is 18.0 Å². The van der Waals surface area contributed by atoms with Crippen LogP contribution in [0.5, 0.6) is 0 Å².